The number of benzene rings is 1. The molecule has 1 aromatic carbocycles. The summed E-state index contributed by atoms with van der Waals surface area (Å²) in [5, 5.41) is 11.9. The number of nitrogens with zero attached hydrogens (tertiary/aromatic N) is 2. The SMILES string of the molecule is CC(=O)N1C(=O)NC(=O)C(c2ccccc2)(N2CCC(O)CC2)C1=O. The number of likely N-dealkylation sites (tertiary alicyclic amines) is 1. The molecule has 0 radical (unpaired) electrons. The Balaban J connectivity index is 2.16. The number of piperidine rings is 1. The largest absolute Gasteiger partial charge is 0.393 e. The lowest BCUT2D eigenvalue weighted by Crippen LogP contribution is -2.73. The number of carbonyl (C=O) groups is 4. The third-order valence-corrected chi connectivity index (χ3v) is 4.71. The lowest BCUT2D eigenvalue weighted by atomic mass is 9.82. The molecular weight excluding hydrogens is 326 g/mol. The molecule has 2 fully saturated rings. The van der Waals surface area contributed by atoms with Gasteiger partial charge in [-0.3, -0.25) is 24.6 Å². The van der Waals surface area contributed by atoms with Crippen LogP contribution in [-0.4, -0.2) is 57.9 Å². The van der Waals surface area contributed by atoms with Crippen LogP contribution in [-0.2, 0) is 19.9 Å². The van der Waals surface area contributed by atoms with Crippen LogP contribution in [0, 0.1) is 0 Å². The van der Waals surface area contributed by atoms with Crippen LogP contribution < -0.4 is 5.32 Å². The van der Waals surface area contributed by atoms with Gasteiger partial charge in [0.2, 0.25) is 11.4 Å². The minimum absolute atomic E-state index is 0.287. The zero-order valence-electron chi connectivity index (χ0n) is 13.8. The average molecular weight is 345 g/mol. The van der Waals surface area contributed by atoms with Crippen LogP contribution in [0.5, 0.6) is 0 Å². The summed E-state index contributed by atoms with van der Waals surface area (Å²) in [5.74, 6) is -2.41. The first kappa shape index (κ1) is 17.2. The van der Waals surface area contributed by atoms with Crippen molar-refractivity contribution in [3.8, 4) is 0 Å². The number of aliphatic hydroxyl groups excluding tert-OH is 1. The van der Waals surface area contributed by atoms with Gasteiger partial charge in [-0.05, 0) is 18.4 Å². The number of hydrogen-bond acceptors (Lipinski definition) is 6. The van der Waals surface area contributed by atoms with Crippen LogP contribution >= 0.6 is 0 Å². The maximum absolute atomic E-state index is 13.2. The van der Waals surface area contributed by atoms with Gasteiger partial charge in [-0.15, -0.1) is 0 Å². The fourth-order valence-electron chi connectivity index (χ4n) is 3.48. The topological polar surface area (TPSA) is 107 Å². The molecule has 0 bridgehead atoms. The van der Waals surface area contributed by atoms with Gasteiger partial charge in [0.05, 0.1) is 6.10 Å². The summed E-state index contributed by atoms with van der Waals surface area (Å²) in [7, 11) is 0. The van der Waals surface area contributed by atoms with Crippen LogP contribution in [0.1, 0.15) is 25.3 Å². The van der Waals surface area contributed by atoms with Crippen LogP contribution in [0.2, 0.25) is 0 Å². The molecule has 2 aliphatic rings. The van der Waals surface area contributed by atoms with Crippen molar-refractivity contribution in [3.05, 3.63) is 35.9 Å². The van der Waals surface area contributed by atoms with E-state index in [9.17, 15) is 24.3 Å². The molecule has 2 aliphatic heterocycles. The van der Waals surface area contributed by atoms with Crippen molar-refractivity contribution in [1.82, 2.24) is 15.1 Å². The second-order valence-corrected chi connectivity index (χ2v) is 6.21. The van der Waals surface area contributed by atoms with Crippen molar-refractivity contribution >= 4 is 23.8 Å². The number of rotatable bonds is 2. The molecule has 1 unspecified atom stereocenters. The molecule has 0 aromatic heterocycles. The van der Waals surface area contributed by atoms with E-state index in [-0.39, 0.29) is 13.1 Å². The summed E-state index contributed by atoms with van der Waals surface area (Å²) < 4.78 is 0. The Kier molecular flexibility index (Phi) is 4.40. The predicted molar refractivity (Wildman–Crippen MR) is 86.0 cm³/mol. The Morgan fingerprint density at radius 3 is 2.32 bits per heavy atom. The highest BCUT2D eigenvalue weighted by atomic mass is 16.3. The minimum Gasteiger partial charge on any atom is -0.393 e. The number of amides is 5. The number of urea groups is 1. The van der Waals surface area contributed by atoms with Gasteiger partial charge in [0.1, 0.15) is 0 Å². The second kappa shape index (κ2) is 6.38. The Hall–Kier alpha value is -2.58. The number of nitrogens with one attached hydrogen (secondary N) is 1. The summed E-state index contributed by atoms with van der Waals surface area (Å²) in [6.07, 6.45) is 0.281. The normalized spacial score (nSPS) is 25.8. The van der Waals surface area contributed by atoms with Gasteiger partial charge in [0.25, 0.3) is 11.8 Å². The van der Waals surface area contributed by atoms with E-state index in [0.717, 1.165) is 6.92 Å². The molecule has 5 amide bonds. The molecule has 1 aromatic rings. The molecule has 8 heteroatoms. The average Bonchev–Trinajstić information content (AvgIpc) is 2.57. The fraction of sp³-hybridized carbons (Fsp3) is 0.412. The van der Waals surface area contributed by atoms with E-state index in [0.29, 0.717) is 23.3 Å². The Morgan fingerprint density at radius 1 is 1.16 bits per heavy atom. The highest BCUT2D eigenvalue weighted by Gasteiger charge is 2.60. The van der Waals surface area contributed by atoms with Gasteiger partial charge < -0.3 is 5.11 Å². The summed E-state index contributed by atoms with van der Waals surface area (Å²) in [4.78, 5) is 52.1. The van der Waals surface area contributed by atoms with Crippen molar-refractivity contribution in [3.63, 3.8) is 0 Å². The first-order chi connectivity index (χ1) is 11.9. The summed E-state index contributed by atoms with van der Waals surface area (Å²) >= 11 is 0. The molecule has 3 rings (SSSR count). The molecule has 25 heavy (non-hydrogen) atoms. The third kappa shape index (κ3) is 2.63. The van der Waals surface area contributed by atoms with E-state index < -0.39 is 35.4 Å². The molecule has 1 atom stereocenters. The van der Waals surface area contributed by atoms with Gasteiger partial charge in [-0.1, -0.05) is 30.3 Å². The smallest absolute Gasteiger partial charge is 0.337 e. The molecule has 2 N–H and O–H groups in total. The number of carbonyl (C=O) groups excluding carboxylic acids is 4. The molecule has 0 spiro atoms. The standard InChI is InChI=1S/C17H19N3O5/c1-11(21)20-15(24)17(14(23)18-16(20)25,12-5-3-2-4-6-12)19-9-7-13(22)8-10-19/h2-6,13,22H,7-10H2,1H3,(H,18,23,25). The maximum atomic E-state index is 13.2. The monoisotopic (exact) mass is 345 g/mol. The first-order valence-corrected chi connectivity index (χ1v) is 8.08. The summed E-state index contributed by atoms with van der Waals surface area (Å²) in [6.45, 7) is 1.67. The van der Waals surface area contributed by atoms with Gasteiger partial charge in [0, 0.05) is 20.0 Å². The van der Waals surface area contributed by atoms with Crippen LogP contribution in [0.25, 0.3) is 0 Å². The van der Waals surface area contributed by atoms with Crippen molar-refractivity contribution in [1.29, 1.82) is 0 Å². The predicted octanol–water partition coefficient (Wildman–Crippen LogP) is -0.0365. The van der Waals surface area contributed by atoms with E-state index in [1.54, 1.807) is 35.2 Å². The highest BCUT2D eigenvalue weighted by molar-refractivity contribution is 6.27. The second-order valence-electron chi connectivity index (χ2n) is 6.21. The van der Waals surface area contributed by atoms with Crippen molar-refractivity contribution in [2.45, 2.75) is 31.4 Å². The molecule has 132 valence electrons. The fourth-order valence-corrected chi connectivity index (χ4v) is 3.48. The molecule has 0 saturated carbocycles. The first-order valence-electron chi connectivity index (χ1n) is 8.08. The minimum atomic E-state index is -1.80. The van der Waals surface area contributed by atoms with E-state index in [2.05, 4.69) is 5.32 Å². The van der Waals surface area contributed by atoms with Crippen molar-refractivity contribution in [2.75, 3.05) is 13.1 Å². The molecule has 0 aliphatic carbocycles. The zero-order chi connectivity index (χ0) is 18.2. The van der Waals surface area contributed by atoms with E-state index in [1.807, 2.05) is 0 Å². The molecule has 2 heterocycles. The lowest BCUT2D eigenvalue weighted by Gasteiger charge is -2.47. The number of barbiturate groups is 1. The molecular formula is C17H19N3O5. The van der Waals surface area contributed by atoms with Crippen LogP contribution in [0.3, 0.4) is 0 Å². The lowest BCUT2D eigenvalue weighted by molar-refractivity contribution is -0.160. The van der Waals surface area contributed by atoms with Gasteiger partial charge >= 0.3 is 6.03 Å². The Bertz CT molecular complexity index is 727. The van der Waals surface area contributed by atoms with Crippen molar-refractivity contribution in [2.24, 2.45) is 0 Å². The van der Waals surface area contributed by atoms with Gasteiger partial charge in [0.15, 0.2) is 0 Å². The van der Waals surface area contributed by atoms with Gasteiger partial charge in [-0.2, -0.15) is 4.90 Å². The Morgan fingerprint density at radius 2 is 1.76 bits per heavy atom. The molecule has 8 nitrogen and oxygen atoms in total. The Labute approximate surface area is 144 Å². The van der Waals surface area contributed by atoms with Crippen LogP contribution in [0.4, 0.5) is 4.79 Å². The third-order valence-electron chi connectivity index (χ3n) is 4.71. The van der Waals surface area contributed by atoms with Crippen LogP contribution in [0.15, 0.2) is 30.3 Å². The summed E-state index contributed by atoms with van der Waals surface area (Å²) in [5.41, 5.74) is -1.42. The quantitative estimate of drug-likeness (QED) is 0.729. The summed E-state index contributed by atoms with van der Waals surface area (Å²) in [6, 6.07) is 7.32. The maximum Gasteiger partial charge on any atom is 0.337 e. The number of aliphatic hydroxyl groups is 1. The van der Waals surface area contributed by atoms with Crippen molar-refractivity contribution < 1.29 is 24.3 Å². The highest BCUT2D eigenvalue weighted by Crippen LogP contribution is 2.36. The number of hydrogen-bond donors (Lipinski definition) is 2. The van der Waals surface area contributed by atoms with E-state index in [1.165, 1.54) is 0 Å². The van der Waals surface area contributed by atoms with E-state index in [4.69, 9.17) is 0 Å². The number of imide groups is 4. The zero-order valence-corrected chi connectivity index (χ0v) is 13.8. The van der Waals surface area contributed by atoms with E-state index >= 15 is 0 Å². The molecule has 2 saturated heterocycles. The van der Waals surface area contributed by atoms with Gasteiger partial charge in [-0.25, -0.2) is 4.79 Å².